The van der Waals surface area contributed by atoms with E-state index in [9.17, 15) is 22.0 Å². The van der Waals surface area contributed by atoms with Gasteiger partial charge in [-0.25, -0.2) is 13.5 Å². The molecular formula is C10H5F5IN3O. The third-order valence-electron chi connectivity index (χ3n) is 1.99. The van der Waals surface area contributed by atoms with Gasteiger partial charge in [0.15, 0.2) is 0 Å². The average molecular weight is 405 g/mol. The molecule has 2 rings (SSSR count). The first-order valence-corrected chi connectivity index (χ1v) is 6.12. The van der Waals surface area contributed by atoms with E-state index in [1.165, 1.54) is 0 Å². The van der Waals surface area contributed by atoms with Crippen molar-refractivity contribution in [3.8, 4) is 11.8 Å². The van der Waals surface area contributed by atoms with Gasteiger partial charge in [-0.05, 0) is 0 Å². The van der Waals surface area contributed by atoms with Crippen LogP contribution in [0.1, 0.15) is 0 Å². The molecule has 4 nitrogen and oxygen atoms in total. The zero-order chi connectivity index (χ0) is 14.9. The van der Waals surface area contributed by atoms with Gasteiger partial charge in [0.1, 0.15) is 23.9 Å². The van der Waals surface area contributed by atoms with Crippen LogP contribution in [0.15, 0.2) is 18.2 Å². The lowest BCUT2D eigenvalue weighted by Gasteiger charge is -2.09. The molecule has 108 valence electrons. The highest BCUT2D eigenvalue weighted by molar-refractivity contribution is 14.1. The molecule has 0 N–H and O–H groups in total. The predicted molar refractivity (Wildman–Crippen MR) is 65.2 cm³/mol. The van der Waals surface area contributed by atoms with E-state index in [2.05, 4.69) is 10.1 Å². The number of benzene rings is 1. The van der Waals surface area contributed by atoms with Crippen molar-refractivity contribution in [1.82, 2.24) is 14.8 Å². The summed E-state index contributed by atoms with van der Waals surface area (Å²) in [4.78, 5) is 3.62. The molecule has 1 heterocycles. The van der Waals surface area contributed by atoms with E-state index >= 15 is 0 Å². The van der Waals surface area contributed by atoms with Gasteiger partial charge in [0, 0.05) is 40.8 Å². The van der Waals surface area contributed by atoms with Crippen LogP contribution < -0.4 is 4.74 Å². The lowest BCUT2D eigenvalue weighted by atomic mass is 10.3. The standard InChI is InChI=1S/C10H5F5IN3O/c11-5-1-6(12)3-7(2-5)20-9-17-8(16)18-19(9)4-10(13,14)15/h1-3H,4H2. The third-order valence-corrected chi connectivity index (χ3v) is 2.44. The number of hydrogen-bond donors (Lipinski definition) is 0. The minimum atomic E-state index is -4.53. The largest absolute Gasteiger partial charge is 0.424 e. The molecule has 0 radical (unpaired) electrons. The first-order valence-electron chi connectivity index (χ1n) is 5.04. The van der Waals surface area contributed by atoms with Crippen LogP contribution in [0.25, 0.3) is 0 Å². The van der Waals surface area contributed by atoms with E-state index in [4.69, 9.17) is 4.74 Å². The van der Waals surface area contributed by atoms with Gasteiger partial charge in [-0.15, -0.1) is 5.10 Å². The second kappa shape index (κ2) is 5.50. The van der Waals surface area contributed by atoms with Crippen molar-refractivity contribution in [3.05, 3.63) is 33.7 Å². The van der Waals surface area contributed by atoms with E-state index in [1.807, 2.05) is 0 Å². The van der Waals surface area contributed by atoms with Crippen LogP contribution in [0.4, 0.5) is 22.0 Å². The lowest BCUT2D eigenvalue weighted by Crippen LogP contribution is -2.19. The maximum atomic E-state index is 13.0. The van der Waals surface area contributed by atoms with Gasteiger partial charge in [-0.1, -0.05) is 0 Å². The van der Waals surface area contributed by atoms with Crippen LogP contribution in [0.5, 0.6) is 11.8 Å². The second-order valence-electron chi connectivity index (χ2n) is 3.64. The van der Waals surface area contributed by atoms with Crippen LogP contribution in [0, 0.1) is 15.5 Å². The Balaban J connectivity index is 2.29. The fraction of sp³-hybridized carbons (Fsp3) is 0.200. The molecule has 20 heavy (non-hydrogen) atoms. The molecule has 0 atom stereocenters. The summed E-state index contributed by atoms with van der Waals surface area (Å²) >= 11 is 1.60. The van der Waals surface area contributed by atoms with Crippen molar-refractivity contribution in [1.29, 1.82) is 0 Å². The van der Waals surface area contributed by atoms with Crippen molar-refractivity contribution >= 4 is 22.6 Å². The van der Waals surface area contributed by atoms with Gasteiger partial charge in [0.05, 0.1) is 0 Å². The molecule has 0 aliphatic heterocycles. The Morgan fingerprint density at radius 1 is 1.15 bits per heavy atom. The summed E-state index contributed by atoms with van der Waals surface area (Å²) in [6.45, 7) is -1.42. The maximum Gasteiger partial charge on any atom is 0.408 e. The molecule has 10 heteroatoms. The average Bonchev–Trinajstić information content (AvgIpc) is 2.54. The monoisotopic (exact) mass is 405 g/mol. The Bertz CT molecular complexity index is 608. The SMILES string of the molecule is Fc1cc(F)cc(Oc2nc(I)nn2CC(F)(F)F)c1. The molecule has 0 unspecified atom stereocenters. The number of ether oxygens (including phenoxy) is 1. The zero-order valence-corrected chi connectivity index (χ0v) is 11.6. The van der Waals surface area contributed by atoms with Crippen molar-refractivity contribution in [2.24, 2.45) is 0 Å². The van der Waals surface area contributed by atoms with Crippen molar-refractivity contribution in [2.45, 2.75) is 12.7 Å². The van der Waals surface area contributed by atoms with Gasteiger partial charge >= 0.3 is 12.2 Å². The molecule has 0 saturated carbocycles. The number of halogens is 6. The molecular weight excluding hydrogens is 400 g/mol. The predicted octanol–water partition coefficient (Wildman–Crippen LogP) is 3.52. The zero-order valence-electron chi connectivity index (χ0n) is 9.46. The molecule has 0 amide bonds. The van der Waals surface area contributed by atoms with Gasteiger partial charge in [-0.2, -0.15) is 18.2 Å². The molecule has 1 aromatic heterocycles. The summed E-state index contributed by atoms with van der Waals surface area (Å²) in [5.41, 5.74) is 0. The highest BCUT2D eigenvalue weighted by Gasteiger charge is 2.31. The molecule has 0 saturated heterocycles. The Labute approximate surface area is 122 Å². The summed E-state index contributed by atoms with van der Waals surface area (Å²) in [7, 11) is 0. The van der Waals surface area contributed by atoms with Crippen molar-refractivity contribution in [3.63, 3.8) is 0 Å². The van der Waals surface area contributed by atoms with E-state index in [0.717, 1.165) is 12.1 Å². The van der Waals surface area contributed by atoms with E-state index in [0.29, 0.717) is 10.7 Å². The number of alkyl halides is 3. The highest BCUT2D eigenvalue weighted by atomic mass is 127. The van der Waals surface area contributed by atoms with Crippen LogP contribution in [0.2, 0.25) is 0 Å². The number of aromatic nitrogens is 3. The Morgan fingerprint density at radius 3 is 2.30 bits per heavy atom. The minimum absolute atomic E-state index is 0.0127. The maximum absolute atomic E-state index is 13.0. The number of hydrogen-bond acceptors (Lipinski definition) is 3. The first-order chi connectivity index (χ1) is 9.23. The fourth-order valence-corrected chi connectivity index (χ4v) is 1.81. The van der Waals surface area contributed by atoms with E-state index in [1.54, 1.807) is 22.6 Å². The third kappa shape index (κ3) is 4.02. The van der Waals surface area contributed by atoms with Gasteiger partial charge in [0.25, 0.3) is 0 Å². The normalized spacial score (nSPS) is 11.7. The molecule has 0 spiro atoms. The molecule has 0 aliphatic carbocycles. The molecule has 2 aromatic rings. The summed E-state index contributed by atoms with van der Waals surface area (Å²) in [6.07, 6.45) is -4.53. The van der Waals surface area contributed by atoms with Crippen LogP contribution in [-0.2, 0) is 6.54 Å². The van der Waals surface area contributed by atoms with Crippen LogP contribution >= 0.6 is 22.6 Å². The van der Waals surface area contributed by atoms with Crippen molar-refractivity contribution in [2.75, 3.05) is 0 Å². The molecule has 0 fully saturated rings. The summed E-state index contributed by atoms with van der Waals surface area (Å²) in [5, 5.41) is 3.50. The van der Waals surface area contributed by atoms with E-state index < -0.39 is 30.4 Å². The second-order valence-corrected chi connectivity index (χ2v) is 4.61. The topological polar surface area (TPSA) is 39.9 Å². The van der Waals surface area contributed by atoms with Crippen LogP contribution in [0.3, 0.4) is 0 Å². The molecule has 1 aromatic carbocycles. The van der Waals surface area contributed by atoms with Gasteiger partial charge < -0.3 is 4.74 Å². The fourth-order valence-electron chi connectivity index (χ4n) is 1.34. The minimum Gasteiger partial charge on any atom is -0.424 e. The Kier molecular flexibility index (Phi) is 4.11. The quantitative estimate of drug-likeness (QED) is 0.580. The Morgan fingerprint density at radius 2 is 1.75 bits per heavy atom. The number of rotatable bonds is 3. The summed E-state index contributed by atoms with van der Waals surface area (Å²) in [6, 6.07) is 1.75. The molecule has 0 aliphatic rings. The summed E-state index contributed by atoms with van der Waals surface area (Å²) < 4.78 is 68.3. The van der Waals surface area contributed by atoms with Gasteiger partial charge in [-0.3, -0.25) is 0 Å². The lowest BCUT2D eigenvalue weighted by molar-refractivity contribution is -0.143. The smallest absolute Gasteiger partial charge is 0.408 e. The Hall–Kier alpha value is -1.46. The first kappa shape index (κ1) is 14.9. The van der Waals surface area contributed by atoms with Crippen LogP contribution in [-0.4, -0.2) is 20.9 Å². The summed E-state index contributed by atoms with van der Waals surface area (Å²) in [5.74, 6) is -2.15. The van der Waals surface area contributed by atoms with Crippen molar-refractivity contribution < 1.29 is 26.7 Å². The highest BCUT2D eigenvalue weighted by Crippen LogP contribution is 2.25. The number of nitrogens with zero attached hydrogens (tertiary/aromatic N) is 3. The van der Waals surface area contributed by atoms with E-state index in [-0.39, 0.29) is 9.58 Å². The molecule has 0 bridgehead atoms. The van der Waals surface area contributed by atoms with Gasteiger partial charge in [0.2, 0.25) is 3.83 Å².